The molecule has 0 aromatic heterocycles. The number of hydrogen-bond donors (Lipinski definition) is 1. The Labute approximate surface area is 86.1 Å². The van der Waals surface area contributed by atoms with E-state index in [1.165, 1.54) is 5.56 Å². The zero-order chi connectivity index (χ0) is 10.4. The molecule has 1 N–H and O–H groups in total. The largest absolute Gasteiger partial charge is 0.390 e. The Bertz CT molecular complexity index is 275. The van der Waals surface area contributed by atoms with Gasteiger partial charge in [0.25, 0.3) is 0 Å². The Hall–Kier alpha value is -1.08. The molecule has 0 heterocycles. The Morgan fingerprint density at radius 1 is 1.36 bits per heavy atom. The van der Waals surface area contributed by atoms with Crippen molar-refractivity contribution in [1.82, 2.24) is 0 Å². The smallest absolute Gasteiger partial charge is 0.0662 e. The molecule has 0 spiro atoms. The molecule has 0 amide bonds. The summed E-state index contributed by atoms with van der Waals surface area (Å²) >= 11 is 0. The molecule has 0 bridgehead atoms. The summed E-state index contributed by atoms with van der Waals surface area (Å²) in [4.78, 5) is 0. The van der Waals surface area contributed by atoms with Crippen LogP contribution in [0.2, 0.25) is 0 Å². The van der Waals surface area contributed by atoms with Crippen LogP contribution in [0.5, 0.6) is 0 Å². The third-order valence-electron chi connectivity index (χ3n) is 2.31. The van der Waals surface area contributed by atoms with Crippen LogP contribution >= 0.6 is 0 Å². The molecule has 0 aliphatic rings. The van der Waals surface area contributed by atoms with Gasteiger partial charge in [0.05, 0.1) is 5.60 Å². The van der Waals surface area contributed by atoms with Crippen LogP contribution in [0.4, 0.5) is 0 Å². The first kappa shape index (κ1) is 11.0. The monoisotopic (exact) mass is 190 g/mol. The minimum atomic E-state index is -0.616. The van der Waals surface area contributed by atoms with Crippen molar-refractivity contribution in [2.75, 3.05) is 0 Å². The highest BCUT2D eigenvalue weighted by atomic mass is 16.3. The van der Waals surface area contributed by atoms with Gasteiger partial charge in [0.15, 0.2) is 0 Å². The van der Waals surface area contributed by atoms with Crippen LogP contribution in [0.1, 0.15) is 25.3 Å². The van der Waals surface area contributed by atoms with Crippen LogP contribution in [0, 0.1) is 0 Å². The van der Waals surface area contributed by atoms with Gasteiger partial charge in [0.2, 0.25) is 0 Å². The summed E-state index contributed by atoms with van der Waals surface area (Å²) in [6, 6.07) is 10.1. The quantitative estimate of drug-likeness (QED) is 0.708. The molecule has 1 nitrogen and oxygen atoms in total. The summed E-state index contributed by atoms with van der Waals surface area (Å²) < 4.78 is 0. The highest BCUT2D eigenvalue weighted by Gasteiger charge is 2.19. The summed E-state index contributed by atoms with van der Waals surface area (Å²) in [5.74, 6) is 0. The number of rotatable bonds is 5. The van der Waals surface area contributed by atoms with Crippen LogP contribution in [0.3, 0.4) is 0 Å². The molecule has 0 fully saturated rings. The van der Waals surface area contributed by atoms with E-state index in [-0.39, 0.29) is 0 Å². The lowest BCUT2D eigenvalue weighted by Gasteiger charge is -2.22. The van der Waals surface area contributed by atoms with Gasteiger partial charge in [-0.1, -0.05) is 36.4 Å². The normalized spacial score (nSPS) is 14.7. The molecule has 0 aliphatic carbocycles. The van der Waals surface area contributed by atoms with E-state index in [0.717, 1.165) is 12.8 Å². The first-order valence-electron chi connectivity index (χ1n) is 5.01. The molecular formula is C13H18O. The lowest BCUT2D eigenvalue weighted by Crippen LogP contribution is -2.26. The molecule has 0 saturated heterocycles. The van der Waals surface area contributed by atoms with E-state index in [1.54, 1.807) is 0 Å². The van der Waals surface area contributed by atoms with Gasteiger partial charge in [0.1, 0.15) is 0 Å². The van der Waals surface area contributed by atoms with Gasteiger partial charge in [-0.05, 0) is 25.3 Å². The van der Waals surface area contributed by atoms with Crippen molar-refractivity contribution in [3.63, 3.8) is 0 Å². The van der Waals surface area contributed by atoms with E-state index >= 15 is 0 Å². The second-order valence-corrected chi connectivity index (χ2v) is 3.99. The summed E-state index contributed by atoms with van der Waals surface area (Å²) in [6.07, 6.45) is 4.19. The Kier molecular flexibility index (Phi) is 3.90. The predicted octanol–water partition coefficient (Wildman–Crippen LogP) is 2.95. The van der Waals surface area contributed by atoms with Crippen LogP contribution in [-0.4, -0.2) is 10.7 Å². The van der Waals surface area contributed by atoms with E-state index in [4.69, 9.17) is 0 Å². The maximum Gasteiger partial charge on any atom is 0.0662 e. The zero-order valence-corrected chi connectivity index (χ0v) is 8.74. The average Bonchev–Trinajstić information content (AvgIpc) is 2.16. The van der Waals surface area contributed by atoms with Crippen molar-refractivity contribution in [1.29, 1.82) is 0 Å². The van der Waals surface area contributed by atoms with Crippen molar-refractivity contribution in [3.8, 4) is 0 Å². The molecule has 1 atom stereocenters. The fourth-order valence-corrected chi connectivity index (χ4v) is 1.54. The highest BCUT2D eigenvalue weighted by Crippen LogP contribution is 2.18. The Morgan fingerprint density at radius 3 is 2.57 bits per heavy atom. The van der Waals surface area contributed by atoms with E-state index in [2.05, 4.69) is 6.58 Å². The third kappa shape index (κ3) is 3.75. The molecule has 1 heteroatoms. The maximum absolute atomic E-state index is 10.1. The maximum atomic E-state index is 10.1. The number of hydrogen-bond acceptors (Lipinski definition) is 1. The molecular weight excluding hydrogens is 172 g/mol. The van der Waals surface area contributed by atoms with Crippen molar-refractivity contribution in [2.24, 2.45) is 0 Å². The van der Waals surface area contributed by atoms with Gasteiger partial charge < -0.3 is 5.11 Å². The lowest BCUT2D eigenvalue weighted by atomic mass is 9.92. The molecule has 0 saturated carbocycles. The first-order valence-corrected chi connectivity index (χ1v) is 5.01. The molecule has 14 heavy (non-hydrogen) atoms. The molecule has 1 aromatic rings. The van der Waals surface area contributed by atoms with E-state index in [9.17, 15) is 5.11 Å². The summed E-state index contributed by atoms with van der Waals surface area (Å²) in [6.45, 7) is 5.54. The van der Waals surface area contributed by atoms with Gasteiger partial charge in [-0.2, -0.15) is 0 Å². The van der Waals surface area contributed by atoms with Crippen LogP contribution in [0.25, 0.3) is 0 Å². The topological polar surface area (TPSA) is 20.2 Å². The summed E-state index contributed by atoms with van der Waals surface area (Å²) in [7, 11) is 0. The van der Waals surface area contributed by atoms with Gasteiger partial charge in [0, 0.05) is 6.42 Å². The Morgan fingerprint density at radius 2 is 2.00 bits per heavy atom. The molecule has 1 aromatic carbocycles. The van der Waals surface area contributed by atoms with E-state index in [1.807, 2.05) is 43.3 Å². The molecule has 0 radical (unpaired) electrons. The van der Waals surface area contributed by atoms with Crippen molar-refractivity contribution >= 4 is 0 Å². The fourth-order valence-electron chi connectivity index (χ4n) is 1.54. The second kappa shape index (κ2) is 4.97. The SMILES string of the molecule is C=CCCC(C)(O)Cc1ccccc1. The first-order chi connectivity index (χ1) is 6.64. The third-order valence-corrected chi connectivity index (χ3v) is 2.31. The van der Waals surface area contributed by atoms with Gasteiger partial charge >= 0.3 is 0 Å². The van der Waals surface area contributed by atoms with Gasteiger partial charge in [-0.3, -0.25) is 0 Å². The van der Waals surface area contributed by atoms with Crippen LogP contribution < -0.4 is 0 Å². The van der Waals surface area contributed by atoms with Gasteiger partial charge in [-0.25, -0.2) is 0 Å². The lowest BCUT2D eigenvalue weighted by molar-refractivity contribution is 0.0523. The second-order valence-electron chi connectivity index (χ2n) is 3.99. The van der Waals surface area contributed by atoms with Crippen molar-refractivity contribution < 1.29 is 5.11 Å². The van der Waals surface area contributed by atoms with Gasteiger partial charge in [-0.15, -0.1) is 6.58 Å². The number of aliphatic hydroxyl groups is 1. The van der Waals surface area contributed by atoms with Crippen LogP contribution in [0.15, 0.2) is 43.0 Å². The minimum absolute atomic E-state index is 0.616. The number of benzene rings is 1. The standard InChI is InChI=1S/C13H18O/c1-3-4-10-13(2,14)11-12-8-6-5-7-9-12/h3,5-9,14H,1,4,10-11H2,2H3. The van der Waals surface area contributed by atoms with Crippen molar-refractivity contribution in [3.05, 3.63) is 48.6 Å². The highest BCUT2D eigenvalue weighted by molar-refractivity contribution is 5.16. The molecule has 0 aliphatic heterocycles. The molecule has 76 valence electrons. The molecule has 1 unspecified atom stereocenters. The molecule has 1 rings (SSSR count). The van der Waals surface area contributed by atoms with Crippen molar-refractivity contribution in [2.45, 2.75) is 31.8 Å². The Balaban J connectivity index is 2.54. The summed E-state index contributed by atoms with van der Waals surface area (Å²) in [5, 5.41) is 10.1. The van der Waals surface area contributed by atoms with E-state index in [0.29, 0.717) is 6.42 Å². The number of allylic oxidation sites excluding steroid dienone is 1. The fraction of sp³-hybridized carbons (Fsp3) is 0.385. The zero-order valence-electron chi connectivity index (χ0n) is 8.74. The van der Waals surface area contributed by atoms with E-state index < -0.39 is 5.60 Å². The van der Waals surface area contributed by atoms with Crippen LogP contribution in [-0.2, 0) is 6.42 Å². The minimum Gasteiger partial charge on any atom is -0.390 e. The summed E-state index contributed by atoms with van der Waals surface area (Å²) in [5.41, 5.74) is 0.566. The average molecular weight is 190 g/mol. The predicted molar refractivity (Wildman–Crippen MR) is 60.2 cm³/mol.